The van der Waals surface area contributed by atoms with Gasteiger partial charge in [0.05, 0.1) is 16.1 Å². The molecule has 3 aliphatic carbocycles. The number of aliphatic hydroxyl groups is 2. The molecule has 10 nitrogen and oxygen atoms in total. The lowest BCUT2D eigenvalue weighted by molar-refractivity contribution is -0.142. The zero-order valence-corrected chi connectivity index (χ0v) is 25.6. The first-order valence-corrected chi connectivity index (χ1v) is 14.6. The molecule has 43 heavy (non-hydrogen) atoms. The van der Waals surface area contributed by atoms with Crippen LogP contribution in [0.15, 0.2) is 49.7 Å². The molecule has 3 aromatic rings. The lowest BCUT2D eigenvalue weighted by atomic mass is 9.57. The number of H-pyrrole nitrogens is 1. The van der Waals surface area contributed by atoms with Gasteiger partial charge in [0.25, 0.3) is 5.56 Å². The highest BCUT2D eigenvalue weighted by atomic mass is 79.9. The molecule has 0 unspecified atom stereocenters. The lowest BCUT2D eigenvalue weighted by Crippen LogP contribution is -2.63. The number of nitrogens with one attached hydrogen (secondary N) is 1. The molecule has 0 amide bonds. The van der Waals surface area contributed by atoms with Gasteiger partial charge in [-0.1, -0.05) is 30.3 Å². The Morgan fingerprint density at radius 3 is 2.47 bits per heavy atom. The van der Waals surface area contributed by atoms with Gasteiger partial charge in [-0.25, -0.2) is 4.39 Å². The number of ketones is 2. The van der Waals surface area contributed by atoms with Crippen molar-refractivity contribution in [1.29, 1.82) is 0 Å². The summed E-state index contributed by atoms with van der Waals surface area (Å²) in [5.74, 6) is -4.74. The normalized spacial score (nSPS) is 24.6. The van der Waals surface area contributed by atoms with Gasteiger partial charge in [0.15, 0.2) is 11.4 Å². The minimum absolute atomic E-state index is 0.00118. The highest BCUT2D eigenvalue weighted by Crippen LogP contribution is 2.55. The summed E-state index contributed by atoms with van der Waals surface area (Å²) in [6, 6.07) is 8.49. The van der Waals surface area contributed by atoms with Gasteiger partial charge < -0.3 is 24.4 Å². The molecular weight excluding hydrogens is 625 g/mol. The second-order valence-electron chi connectivity index (χ2n) is 11.9. The van der Waals surface area contributed by atoms with E-state index in [4.69, 9.17) is 9.26 Å². The van der Waals surface area contributed by atoms with Crippen LogP contribution in [0.3, 0.4) is 0 Å². The van der Waals surface area contributed by atoms with Crippen LogP contribution in [-0.4, -0.2) is 70.5 Å². The fraction of sp³-hybridized carbons (Fsp3) is 0.387. The summed E-state index contributed by atoms with van der Waals surface area (Å²) < 4.78 is 28.2. The molecule has 1 saturated carbocycles. The zero-order valence-electron chi connectivity index (χ0n) is 24.0. The summed E-state index contributed by atoms with van der Waals surface area (Å²) >= 11 is 3.50. The Balaban J connectivity index is 1.54. The monoisotopic (exact) mass is 655 g/mol. The minimum Gasteiger partial charge on any atom is -0.507 e. The van der Waals surface area contributed by atoms with E-state index in [1.165, 1.54) is 0 Å². The van der Waals surface area contributed by atoms with Gasteiger partial charge in [0.1, 0.15) is 29.5 Å². The first kappa shape index (κ1) is 29.5. The third kappa shape index (κ3) is 4.34. The maximum Gasteiger partial charge on any atom is 0.291 e. The maximum absolute atomic E-state index is 16.3. The number of aromatic amines is 1. The third-order valence-electron chi connectivity index (χ3n) is 8.75. The first-order valence-electron chi connectivity index (χ1n) is 13.8. The summed E-state index contributed by atoms with van der Waals surface area (Å²) in [6.45, 7) is 0.331. The quantitative estimate of drug-likeness (QED) is 0.339. The average Bonchev–Trinajstić information content (AvgIpc) is 3.34. The van der Waals surface area contributed by atoms with Crippen molar-refractivity contribution in [3.8, 4) is 5.75 Å². The van der Waals surface area contributed by atoms with Crippen LogP contribution in [0.4, 0.5) is 4.39 Å². The Morgan fingerprint density at radius 2 is 1.81 bits per heavy atom. The summed E-state index contributed by atoms with van der Waals surface area (Å²) in [4.78, 5) is 43.9. The van der Waals surface area contributed by atoms with Crippen LogP contribution in [0.2, 0.25) is 0 Å². The molecule has 226 valence electrons. The molecule has 0 spiro atoms. The molecule has 1 heterocycles. The van der Waals surface area contributed by atoms with Gasteiger partial charge in [-0.2, -0.15) is 5.16 Å². The van der Waals surface area contributed by atoms with Gasteiger partial charge in [0.2, 0.25) is 11.6 Å². The Labute approximate surface area is 254 Å². The average molecular weight is 657 g/mol. The van der Waals surface area contributed by atoms with Crippen LogP contribution in [-0.2, 0) is 24.4 Å². The van der Waals surface area contributed by atoms with Crippen molar-refractivity contribution in [2.24, 2.45) is 11.8 Å². The predicted octanol–water partition coefficient (Wildman–Crippen LogP) is 3.77. The summed E-state index contributed by atoms with van der Waals surface area (Å²) in [5, 5.41) is 25.8. The van der Waals surface area contributed by atoms with E-state index in [1.807, 2.05) is 35.2 Å². The molecule has 0 saturated heterocycles. The Kier molecular flexibility index (Phi) is 7.23. The first-order chi connectivity index (χ1) is 20.4. The number of aliphatic hydroxyl groups excluding tert-OH is 1. The molecule has 6 rings (SSSR count). The lowest BCUT2D eigenvalue weighted by Gasteiger charge is -2.49. The van der Waals surface area contributed by atoms with E-state index >= 15 is 4.39 Å². The Hall–Kier alpha value is -3.58. The van der Waals surface area contributed by atoms with Crippen LogP contribution in [0, 0.1) is 17.7 Å². The van der Waals surface area contributed by atoms with E-state index in [1.54, 1.807) is 33.1 Å². The topological polar surface area (TPSA) is 136 Å². The molecule has 2 aromatic carbocycles. The highest BCUT2D eigenvalue weighted by Gasteiger charge is 2.65. The molecular formula is C31H31BrFN3O7. The number of benzene rings is 2. The largest absolute Gasteiger partial charge is 0.507 e. The zero-order chi connectivity index (χ0) is 31.0. The second kappa shape index (κ2) is 10.5. The van der Waals surface area contributed by atoms with E-state index in [9.17, 15) is 24.6 Å². The fourth-order valence-corrected chi connectivity index (χ4v) is 7.50. The van der Waals surface area contributed by atoms with Crippen LogP contribution in [0.5, 0.6) is 5.75 Å². The highest BCUT2D eigenvalue weighted by molar-refractivity contribution is 9.10. The summed E-state index contributed by atoms with van der Waals surface area (Å²) in [6.07, 6.45) is 0.0648. The number of Topliss-reactive ketones (excluding diaryl/α,β-unsaturated/α-hetero) is 2. The fourth-order valence-electron chi connectivity index (χ4n) is 6.89. The van der Waals surface area contributed by atoms with Crippen LogP contribution < -0.4 is 10.3 Å². The van der Waals surface area contributed by atoms with Gasteiger partial charge in [-0.3, -0.25) is 19.3 Å². The second-order valence-corrected chi connectivity index (χ2v) is 12.7. The Bertz CT molecular complexity index is 1750. The molecule has 3 N–H and O–H groups in total. The van der Waals surface area contributed by atoms with E-state index < -0.39 is 57.7 Å². The van der Waals surface area contributed by atoms with Crippen LogP contribution in [0.1, 0.15) is 50.8 Å². The van der Waals surface area contributed by atoms with E-state index in [0.717, 1.165) is 5.56 Å². The predicted molar refractivity (Wildman–Crippen MR) is 157 cm³/mol. The smallest absolute Gasteiger partial charge is 0.291 e. The minimum atomic E-state index is -2.64. The number of halogens is 2. The summed E-state index contributed by atoms with van der Waals surface area (Å²) in [7, 11) is 6.98. The van der Waals surface area contributed by atoms with E-state index in [-0.39, 0.29) is 58.7 Å². The molecule has 1 fully saturated rings. The Morgan fingerprint density at radius 1 is 1.12 bits per heavy atom. The number of ether oxygens (including phenoxy) is 1. The van der Waals surface area contributed by atoms with Crippen molar-refractivity contribution >= 4 is 33.3 Å². The van der Waals surface area contributed by atoms with Crippen molar-refractivity contribution in [2.45, 2.75) is 37.6 Å². The third-order valence-corrected chi connectivity index (χ3v) is 9.59. The van der Waals surface area contributed by atoms with Crippen LogP contribution in [0.25, 0.3) is 5.76 Å². The number of carbonyl (C=O) groups excluding carboxylic acids is 2. The summed E-state index contributed by atoms with van der Waals surface area (Å²) in [5.41, 5.74) is -2.75. The number of aromatic nitrogens is 1. The van der Waals surface area contributed by atoms with Crippen molar-refractivity contribution in [1.82, 2.24) is 15.0 Å². The van der Waals surface area contributed by atoms with Crippen molar-refractivity contribution < 1.29 is 33.5 Å². The molecule has 1 aromatic heterocycles. The molecule has 0 aliphatic heterocycles. The molecule has 3 aliphatic rings. The maximum atomic E-state index is 16.3. The van der Waals surface area contributed by atoms with Crippen LogP contribution >= 0.6 is 15.9 Å². The number of fused-ring (bicyclic) bond motifs is 4. The molecule has 0 radical (unpaired) electrons. The van der Waals surface area contributed by atoms with Gasteiger partial charge in [-0.05, 0) is 68.4 Å². The molecule has 4 atom stereocenters. The van der Waals surface area contributed by atoms with E-state index in [2.05, 4.69) is 21.1 Å². The number of hydrogen-bond acceptors (Lipinski definition) is 9. The van der Waals surface area contributed by atoms with Gasteiger partial charge in [0, 0.05) is 29.2 Å². The van der Waals surface area contributed by atoms with Crippen molar-refractivity contribution in [3.63, 3.8) is 0 Å². The SMILES string of the molecule is CN(C)Cc1c(F)c2c(c(OCc3ccccc3)c1Br)C(O)=C1C(=O)[C@]3(O)C(=O)c4c(o[nH]c4=O)[C@@H](N(C)C)[C@@H]3C[C@@H]1C2. The number of carbonyl (C=O) groups is 2. The molecule has 0 bridgehead atoms. The van der Waals surface area contributed by atoms with Crippen molar-refractivity contribution in [3.05, 3.63) is 90.1 Å². The molecule has 12 heteroatoms. The number of rotatable bonds is 6. The number of hydrogen-bond donors (Lipinski definition) is 3. The number of nitrogens with zero attached hydrogens (tertiary/aromatic N) is 2. The van der Waals surface area contributed by atoms with Crippen molar-refractivity contribution in [2.75, 3.05) is 28.2 Å². The van der Waals surface area contributed by atoms with E-state index in [0.29, 0.717) is 5.56 Å². The van der Waals surface area contributed by atoms with Gasteiger partial charge >= 0.3 is 0 Å². The van der Waals surface area contributed by atoms with Gasteiger partial charge in [-0.15, -0.1) is 0 Å². The standard InChI is InChI=1S/C31H31BrFN3O7/c1-35(2)12-17-22(32)26(42-13-14-8-6-5-7-9-14)20-16(23(17)33)10-15-11-18-24(36(3)4)27-21(30(40)34-43-27)29(39)31(18,41)28(38)19(15)25(20)37/h5-9,15,18,24,37,41H,10-13H2,1-4H3,(H,34,40)/t15-,18-,24-,31-/m0/s1.